The molecular weight excluding hydrogens is 334 g/mol. The van der Waals surface area contributed by atoms with Crippen molar-refractivity contribution < 1.29 is 9.59 Å². The third-order valence-electron chi connectivity index (χ3n) is 3.78. The van der Waals surface area contributed by atoms with Crippen molar-refractivity contribution in [2.45, 2.75) is 25.8 Å². The molecule has 2 heterocycles. The number of halogens is 1. The molecule has 5 nitrogen and oxygen atoms in total. The Hall–Kier alpha value is -1.92. The number of carbonyl (C=O) groups is 2. The first-order valence-corrected chi connectivity index (χ1v) is 8.60. The second-order valence-corrected chi connectivity index (χ2v) is 6.66. The predicted octanol–water partition coefficient (Wildman–Crippen LogP) is 3.73. The van der Waals surface area contributed by atoms with Crippen molar-refractivity contribution in [1.29, 1.82) is 0 Å². The van der Waals surface area contributed by atoms with Crippen LogP contribution in [-0.2, 0) is 4.79 Å². The fourth-order valence-corrected chi connectivity index (χ4v) is 3.80. The molecule has 1 aromatic carbocycles. The standard InChI is InChI=1S/C16H16ClN3O2S/c1-10(21)18-16-19-13(9-23-16)15(22)20-8-4-7-14(20)11-5-2-3-6-12(11)17/h2-3,5-6,9,14H,4,7-8H2,1H3,(H,18,19,21). The zero-order valence-electron chi connectivity index (χ0n) is 12.6. The van der Waals surface area contributed by atoms with Gasteiger partial charge in [0.25, 0.3) is 5.91 Å². The number of rotatable bonds is 3. The highest BCUT2D eigenvalue weighted by molar-refractivity contribution is 7.14. The van der Waals surface area contributed by atoms with Gasteiger partial charge in [0.2, 0.25) is 5.91 Å². The summed E-state index contributed by atoms with van der Waals surface area (Å²) in [7, 11) is 0. The molecule has 0 aliphatic carbocycles. The lowest BCUT2D eigenvalue weighted by molar-refractivity contribution is -0.114. The van der Waals surface area contributed by atoms with E-state index in [1.807, 2.05) is 29.2 Å². The van der Waals surface area contributed by atoms with Crippen molar-refractivity contribution in [3.63, 3.8) is 0 Å². The molecule has 1 saturated heterocycles. The normalized spacial score (nSPS) is 17.3. The maximum Gasteiger partial charge on any atom is 0.273 e. The topological polar surface area (TPSA) is 62.3 Å². The SMILES string of the molecule is CC(=O)Nc1nc(C(=O)N2CCCC2c2ccccc2Cl)cs1. The number of amides is 2. The van der Waals surface area contributed by atoms with E-state index in [-0.39, 0.29) is 17.9 Å². The minimum absolute atomic E-state index is 0.0258. The summed E-state index contributed by atoms with van der Waals surface area (Å²) in [4.78, 5) is 29.8. The summed E-state index contributed by atoms with van der Waals surface area (Å²) >= 11 is 7.53. The molecule has 1 unspecified atom stereocenters. The lowest BCUT2D eigenvalue weighted by atomic mass is 10.0. The number of aromatic nitrogens is 1. The van der Waals surface area contributed by atoms with Gasteiger partial charge in [-0.15, -0.1) is 11.3 Å². The molecule has 2 aromatic rings. The van der Waals surface area contributed by atoms with Crippen LogP contribution in [0.25, 0.3) is 0 Å². The molecular formula is C16H16ClN3O2S. The number of nitrogens with zero attached hydrogens (tertiary/aromatic N) is 2. The molecule has 1 aromatic heterocycles. The van der Waals surface area contributed by atoms with E-state index < -0.39 is 0 Å². The van der Waals surface area contributed by atoms with E-state index >= 15 is 0 Å². The zero-order chi connectivity index (χ0) is 16.4. The average molecular weight is 350 g/mol. The van der Waals surface area contributed by atoms with Crippen molar-refractivity contribution >= 4 is 39.9 Å². The lowest BCUT2D eigenvalue weighted by Gasteiger charge is -2.25. The summed E-state index contributed by atoms with van der Waals surface area (Å²) in [5, 5.41) is 5.39. The second-order valence-electron chi connectivity index (χ2n) is 5.40. The van der Waals surface area contributed by atoms with Gasteiger partial charge in [-0.05, 0) is 24.5 Å². The van der Waals surface area contributed by atoms with Crippen molar-refractivity contribution in [3.05, 3.63) is 45.9 Å². The van der Waals surface area contributed by atoms with Crippen LogP contribution in [-0.4, -0.2) is 28.2 Å². The lowest BCUT2D eigenvalue weighted by Crippen LogP contribution is -2.31. The quantitative estimate of drug-likeness (QED) is 0.918. The first-order valence-electron chi connectivity index (χ1n) is 7.35. The van der Waals surface area contributed by atoms with Gasteiger partial charge in [-0.3, -0.25) is 9.59 Å². The number of hydrogen-bond donors (Lipinski definition) is 1. The summed E-state index contributed by atoms with van der Waals surface area (Å²) in [6, 6.07) is 7.59. The summed E-state index contributed by atoms with van der Waals surface area (Å²) in [6.07, 6.45) is 1.82. The third-order valence-corrected chi connectivity index (χ3v) is 4.89. The van der Waals surface area contributed by atoms with Crippen LogP contribution in [0.2, 0.25) is 5.02 Å². The summed E-state index contributed by atoms with van der Waals surface area (Å²) in [5.74, 6) is -0.325. The third kappa shape index (κ3) is 3.38. The molecule has 0 bridgehead atoms. The zero-order valence-corrected chi connectivity index (χ0v) is 14.2. The molecule has 1 fully saturated rings. The average Bonchev–Trinajstić information content (AvgIpc) is 3.15. The van der Waals surface area contributed by atoms with Gasteiger partial charge in [0.15, 0.2) is 5.13 Å². The minimum Gasteiger partial charge on any atom is -0.330 e. The van der Waals surface area contributed by atoms with Crippen molar-refractivity contribution in [3.8, 4) is 0 Å². The van der Waals surface area contributed by atoms with Gasteiger partial charge in [-0.1, -0.05) is 29.8 Å². The number of carbonyl (C=O) groups excluding carboxylic acids is 2. The summed E-state index contributed by atoms with van der Waals surface area (Å²) in [5.41, 5.74) is 1.33. The van der Waals surface area contributed by atoms with Gasteiger partial charge < -0.3 is 10.2 Å². The molecule has 0 radical (unpaired) electrons. The Bertz CT molecular complexity index is 746. The summed E-state index contributed by atoms with van der Waals surface area (Å²) in [6.45, 7) is 2.10. The molecule has 1 N–H and O–H groups in total. The van der Waals surface area contributed by atoms with Crippen LogP contribution in [0, 0.1) is 0 Å². The van der Waals surface area contributed by atoms with Crippen LogP contribution in [0.4, 0.5) is 5.13 Å². The number of thiazole rings is 1. The van der Waals surface area contributed by atoms with Gasteiger partial charge in [0.05, 0.1) is 6.04 Å². The largest absolute Gasteiger partial charge is 0.330 e. The van der Waals surface area contributed by atoms with Crippen LogP contribution < -0.4 is 5.32 Å². The van der Waals surface area contributed by atoms with E-state index in [0.29, 0.717) is 22.4 Å². The molecule has 23 heavy (non-hydrogen) atoms. The van der Waals surface area contributed by atoms with E-state index in [1.54, 1.807) is 5.38 Å². The number of benzene rings is 1. The van der Waals surface area contributed by atoms with Gasteiger partial charge in [0, 0.05) is 23.9 Å². The van der Waals surface area contributed by atoms with Gasteiger partial charge in [-0.25, -0.2) is 4.98 Å². The fourth-order valence-electron chi connectivity index (χ4n) is 2.81. The van der Waals surface area contributed by atoms with Crippen LogP contribution in [0.15, 0.2) is 29.6 Å². The number of anilines is 1. The molecule has 120 valence electrons. The highest BCUT2D eigenvalue weighted by atomic mass is 35.5. The number of hydrogen-bond acceptors (Lipinski definition) is 4. The van der Waals surface area contributed by atoms with Crippen molar-refractivity contribution in [2.75, 3.05) is 11.9 Å². The Kier molecular flexibility index (Phi) is 4.63. The molecule has 3 rings (SSSR count). The van der Waals surface area contributed by atoms with E-state index in [1.165, 1.54) is 18.3 Å². The highest BCUT2D eigenvalue weighted by Crippen LogP contribution is 2.36. The van der Waals surface area contributed by atoms with Crippen LogP contribution >= 0.6 is 22.9 Å². The van der Waals surface area contributed by atoms with Gasteiger partial charge >= 0.3 is 0 Å². The first-order chi connectivity index (χ1) is 11.1. The van der Waals surface area contributed by atoms with Crippen LogP contribution in [0.3, 0.4) is 0 Å². The summed E-state index contributed by atoms with van der Waals surface area (Å²) < 4.78 is 0. The van der Waals surface area contributed by atoms with E-state index in [4.69, 9.17) is 11.6 Å². The van der Waals surface area contributed by atoms with Crippen LogP contribution in [0.1, 0.15) is 41.9 Å². The Labute approximate surface area is 143 Å². The number of nitrogens with one attached hydrogen (secondary N) is 1. The molecule has 0 spiro atoms. The Morgan fingerprint density at radius 3 is 2.91 bits per heavy atom. The van der Waals surface area contributed by atoms with Crippen LogP contribution in [0.5, 0.6) is 0 Å². The molecule has 7 heteroatoms. The Morgan fingerprint density at radius 2 is 2.17 bits per heavy atom. The Balaban J connectivity index is 1.82. The molecule has 0 saturated carbocycles. The van der Waals surface area contributed by atoms with E-state index in [0.717, 1.165) is 18.4 Å². The minimum atomic E-state index is -0.200. The fraction of sp³-hybridized carbons (Fsp3) is 0.312. The van der Waals surface area contributed by atoms with E-state index in [2.05, 4.69) is 10.3 Å². The second kappa shape index (κ2) is 6.68. The van der Waals surface area contributed by atoms with Gasteiger partial charge in [-0.2, -0.15) is 0 Å². The molecule has 2 amide bonds. The molecule has 1 aliphatic rings. The monoisotopic (exact) mass is 349 g/mol. The number of likely N-dealkylation sites (tertiary alicyclic amines) is 1. The smallest absolute Gasteiger partial charge is 0.273 e. The molecule has 1 atom stereocenters. The predicted molar refractivity (Wildman–Crippen MR) is 90.9 cm³/mol. The van der Waals surface area contributed by atoms with Crippen molar-refractivity contribution in [1.82, 2.24) is 9.88 Å². The van der Waals surface area contributed by atoms with Crippen molar-refractivity contribution in [2.24, 2.45) is 0 Å². The Morgan fingerprint density at radius 1 is 1.39 bits per heavy atom. The van der Waals surface area contributed by atoms with E-state index in [9.17, 15) is 9.59 Å². The molecule has 1 aliphatic heterocycles. The first kappa shape index (κ1) is 16.0. The maximum atomic E-state index is 12.8. The maximum absolute atomic E-state index is 12.8. The highest BCUT2D eigenvalue weighted by Gasteiger charge is 2.32. The van der Waals surface area contributed by atoms with Gasteiger partial charge in [0.1, 0.15) is 5.69 Å².